The fourth-order valence-electron chi connectivity index (χ4n) is 2.80. The Hall–Kier alpha value is -3.29. The lowest BCUT2D eigenvalue weighted by Gasteiger charge is -2.12. The highest BCUT2D eigenvalue weighted by molar-refractivity contribution is 5.93. The van der Waals surface area contributed by atoms with Crippen molar-refractivity contribution in [2.75, 3.05) is 14.2 Å². The van der Waals surface area contributed by atoms with Crippen molar-refractivity contribution >= 4 is 5.91 Å². The van der Waals surface area contributed by atoms with Gasteiger partial charge in [0.25, 0.3) is 5.91 Å². The molecule has 0 bridgehead atoms. The Morgan fingerprint density at radius 1 is 1.26 bits per heavy atom. The minimum absolute atomic E-state index is 0.184. The normalized spacial score (nSPS) is 11.9. The van der Waals surface area contributed by atoms with Crippen LogP contribution in [-0.2, 0) is 7.05 Å². The van der Waals surface area contributed by atoms with Crippen LogP contribution in [0.1, 0.15) is 34.7 Å². The summed E-state index contributed by atoms with van der Waals surface area (Å²) in [5.74, 6) is 1.33. The van der Waals surface area contributed by atoms with Crippen LogP contribution < -0.4 is 14.8 Å². The van der Waals surface area contributed by atoms with Crippen molar-refractivity contribution in [3.63, 3.8) is 0 Å². The van der Waals surface area contributed by atoms with Crippen molar-refractivity contribution in [3.8, 4) is 22.8 Å². The molecule has 2 heterocycles. The topological polar surface area (TPSA) is 91.4 Å². The Labute approximate surface area is 157 Å². The van der Waals surface area contributed by atoms with Crippen molar-refractivity contribution in [1.29, 1.82) is 0 Å². The molecule has 0 aliphatic carbocycles. The minimum Gasteiger partial charge on any atom is -0.497 e. The average molecular weight is 370 g/mol. The fraction of sp³-hybridized carbons (Fsp3) is 0.316. The summed E-state index contributed by atoms with van der Waals surface area (Å²) in [5.41, 5.74) is 2.77. The van der Waals surface area contributed by atoms with Gasteiger partial charge in [0.15, 0.2) is 11.5 Å². The van der Waals surface area contributed by atoms with Crippen LogP contribution in [0, 0.1) is 6.92 Å². The lowest BCUT2D eigenvalue weighted by molar-refractivity contribution is 0.0930. The number of methoxy groups -OCH3 is 2. The summed E-state index contributed by atoms with van der Waals surface area (Å²) in [6.07, 6.45) is 1.75. The molecule has 27 heavy (non-hydrogen) atoms. The van der Waals surface area contributed by atoms with E-state index >= 15 is 0 Å². The van der Waals surface area contributed by atoms with Crippen molar-refractivity contribution < 1.29 is 18.8 Å². The van der Waals surface area contributed by atoms with Gasteiger partial charge in [-0.25, -0.2) is 0 Å². The van der Waals surface area contributed by atoms with Gasteiger partial charge >= 0.3 is 0 Å². The molecule has 1 N–H and O–H groups in total. The van der Waals surface area contributed by atoms with Crippen LogP contribution in [0.3, 0.4) is 0 Å². The van der Waals surface area contributed by atoms with Gasteiger partial charge < -0.3 is 19.3 Å². The van der Waals surface area contributed by atoms with Gasteiger partial charge in [0, 0.05) is 24.4 Å². The smallest absolute Gasteiger partial charge is 0.273 e. The second-order valence-corrected chi connectivity index (χ2v) is 6.15. The molecule has 0 aliphatic rings. The summed E-state index contributed by atoms with van der Waals surface area (Å²) in [6, 6.07) is 6.68. The molecule has 0 aliphatic heterocycles. The Bertz CT molecular complexity index is 961. The molecule has 0 radical (unpaired) electrons. The number of aromatic nitrogens is 3. The molecule has 1 amide bonds. The van der Waals surface area contributed by atoms with Crippen LogP contribution in [0.25, 0.3) is 11.3 Å². The highest BCUT2D eigenvalue weighted by Gasteiger charge is 2.20. The molecule has 8 heteroatoms. The zero-order valence-electron chi connectivity index (χ0n) is 15.9. The number of amides is 1. The second kappa shape index (κ2) is 7.53. The van der Waals surface area contributed by atoms with E-state index in [1.165, 1.54) is 0 Å². The Kier molecular flexibility index (Phi) is 5.16. The lowest BCUT2D eigenvalue weighted by Crippen LogP contribution is -2.27. The molecule has 1 aromatic carbocycles. The number of benzene rings is 1. The van der Waals surface area contributed by atoms with E-state index in [-0.39, 0.29) is 17.6 Å². The molecule has 0 spiro atoms. The number of aryl methyl sites for hydroxylation is 1. The number of nitrogens with zero attached hydrogens (tertiary/aromatic N) is 3. The number of nitrogens with one attached hydrogen (secondary N) is 1. The summed E-state index contributed by atoms with van der Waals surface area (Å²) >= 11 is 0. The molecule has 0 saturated carbocycles. The lowest BCUT2D eigenvalue weighted by atomic mass is 10.1. The molecular formula is C19H22N4O4. The van der Waals surface area contributed by atoms with E-state index in [9.17, 15) is 4.79 Å². The molecule has 2 aromatic heterocycles. The number of carbonyl (C=O) groups is 1. The van der Waals surface area contributed by atoms with Crippen molar-refractivity contribution in [3.05, 3.63) is 47.4 Å². The van der Waals surface area contributed by atoms with Gasteiger partial charge in [0.05, 0.1) is 32.0 Å². The highest BCUT2D eigenvalue weighted by Crippen LogP contribution is 2.33. The standard InChI is InChI=1S/C19H22N4O4/c1-11(15-10-20-23(3)12(15)2)21-19(24)16-9-18(27-22-16)14-8-13(25-4)6-7-17(14)26-5/h6-11H,1-5H3,(H,21,24). The van der Waals surface area contributed by atoms with E-state index in [0.29, 0.717) is 22.8 Å². The van der Waals surface area contributed by atoms with Gasteiger partial charge in [-0.3, -0.25) is 9.48 Å². The van der Waals surface area contributed by atoms with Crippen molar-refractivity contribution in [2.24, 2.45) is 7.05 Å². The number of hydrogen-bond donors (Lipinski definition) is 1. The van der Waals surface area contributed by atoms with Gasteiger partial charge in [-0.2, -0.15) is 5.10 Å². The van der Waals surface area contributed by atoms with Crippen LogP contribution in [-0.4, -0.2) is 35.1 Å². The molecular weight excluding hydrogens is 348 g/mol. The van der Waals surface area contributed by atoms with E-state index in [4.69, 9.17) is 14.0 Å². The maximum absolute atomic E-state index is 12.6. The third kappa shape index (κ3) is 3.64. The first-order valence-electron chi connectivity index (χ1n) is 8.43. The summed E-state index contributed by atoms with van der Waals surface area (Å²) in [5, 5.41) is 11.0. The zero-order chi connectivity index (χ0) is 19.6. The van der Waals surface area contributed by atoms with Gasteiger partial charge in [-0.15, -0.1) is 0 Å². The molecule has 0 saturated heterocycles. The number of rotatable bonds is 6. The predicted octanol–water partition coefficient (Wildman–Crippen LogP) is 2.89. The monoisotopic (exact) mass is 370 g/mol. The van der Waals surface area contributed by atoms with Gasteiger partial charge in [-0.1, -0.05) is 5.16 Å². The number of carbonyl (C=O) groups excluding carboxylic acids is 1. The summed E-state index contributed by atoms with van der Waals surface area (Å²) in [4.78, 5) is 12.6. The number of hydrogen-bond acceptors (Lipinski definition) is 6. The number of ether oxygens (including phenoxy) is 2. The van der Waals surface area contributed by atoms with E-state index in [1.807, 2.05) is 20.9 Å². The first-order valence-corrected chi connectivity index (χ1v) is 8.43. The van der Waals surface area contributed by atoms with Crippen molar-refractivity contribution in [2.45, 2.75) is 19.9 Å². The van der Waals surface area contributed by atoms with Crippen LogP contribution in [0.15, 0.2) is 35.0 Å². The van der Waals surface area contributed by atoms with Crippen LogP contribution in [0.2, 0.25) is 0 Å². The first-order chi connectivity index (χ1) is 12.9. The predicted molar refractivity (Wildman–Crippen MR) is 98.9 cm³/mol. The van der Waals surface area contributed by atoms with Gasteiger partial charge in [0.2, 0.25) is 0 Å². The highest BCUT2D eigenvalue weighted by atomic mass is 16.5. The molecule has 8 nitrogen and oxygen atoms in total. The Morgan fingerprint density at radius 2 is 2.04 bits per heavy atom. The summed E-state index contributed by atoms with van der Waals surface area (Å²) in [7, 11) is 5.00. The SMILES string of the molecule is COc1ccc(OC)c(-c2cc(C(=O)NC(C)c3cnn(C)c3C)no2)c1. The fourth-order valence-corrected chi connectivity index (χ4v) is 2.80. The third-order valence-corrected chi connectivity index (χ3v) is 4.50. The quantitative estimate of drug-likeness (QED) is 0.717. The molecule has 3 rings (SSSR count). The first kappa shape index (κ1) is 18.5. The maximum Gasteiger partial charge on any atom is 0.273 e. The Morgan fingerprint density at radius 3 is 2.67 bits per heavy atom. The largest absolute Gasteiger partial charge is 0.497 e. The maximum atomic E-state index is 12.6. The summed E-state index contributed by atoms with van der Waals surface area (Å²) in [6.45, 7) is 3.85. The molecule has 3 aromatic rings. The average Bonchev–Trinajstić information content (AvgIpc) is 3.29. The Balaban J connectivity index is 1.81. The van der Waals surface area contributed by atoms with E-state index in [0.717, 1.165) is 11.3 Å². The van der Waals surface area contributed by atoms with E-state index < -0.39 is 0 Å². The second-order valence-electron chi connectivity index (χ2n) is 6.15. The third-order valence-electron chi connectivity index (χ3n) is 4.50. The van der Waals surface area contributed by atoms with Gasteiger partial charge in [-0.05, 0) is 32.0 Å². The van der Waals surface area contributed by atoms with Crippen LogP contribution >= 0.6 is 0 Å². The molecule has 1 atom stereocenters. The molecule has 1 unspecified atom stereocenters. The van der Waals surface area contributed by atoms with E-state index in [2.05, 4.69) is 15.6 Å². The zero-order valence-corrected chi connectivity index (χ0v) is 15.9. The minimum atomic E-state index is -0.331. The van der Waals surface area contributed by atoms with Crippen LogP contribution in [0.5, 0.6) is 11.5 Å². The van der Waals surface area contributed by atoms with Gasteiger partial charge in [0.1, 0.15) is 11.5 Å². The summed E-state index contributed by atoms with van der Waals surface area (Å²) < 4.78 is 17.7. The molecule has 0 fully saturated rings. The van der Waals surface area contributed by atoms with E-state index in [1.54, 1.807) is 49.4 Å². The van der Waals surface area contributed by atoms with Crippen molar-refractivity contribution in [1.82, 2.24) is 20.3 Å². The molecule has 142 valence electrons. The van der Waals surface area contributed by atoms with Crippen LogP contribution in [0.4, 0.5) is 0 Å².